The van der Waals surface area contributed by atoms with Crippen LogP contribution in [0.4, 0.5) is 5.95 Å². The van der Waals surface area contributed by atoms with Gasteiger partial charge in [-0.1, -0.05) is 0 Å². The molecule has 0 aromatic carbocycles. The standard InChI is InChI=1S/C18H28N4O4/c1-13-14(11-19-18(20-13)22-6-3-2-4-7-22)17(24)21-15-12-25-9-5-16(15)26-10-8-23/h11,15-16,23H,2-10,12H2,1H3,(H,21,24)/t15-,16+/m1/s1. The molecule has 0 bridgehead atoms. The molecule has 0 aliphatic carbocycles. The summed E-state index contributed by atoms with van der Waals surface area (Å²) in [5, 5.41) is 11.9. The van der Waals surface area contributed by atoms with E-state index in [0.29, 0.717) is 36.8 Å². The summed E-state index contributed by atoms with van der Waals surface area (Å²) in [5.74, 6) is 0.477. The Labute approximate surface area is 153 Å². The largest absolute Gasteiger partial charge is 0.394 e. The van der Waals surface area contributed by atoms with Crippen molar-refractivity contribution in [2.24, 2.45) is 0 Å². The number of amides is 1. The lowest BCUT2D eigenvalue weighted by atomic mass is 10.1. The van der Waals surface area contributed by atoms with Crippen molar-refractivity contribution in [3.8, 4) is 0 Å². The van der Waals surface area contributed by atoms with Gasteiger partial charge in [-0.25, -0.2) is 9.97 Å². The molecule has 1 amide bonds. The summed E-state index contributed by atoms with van der Waals surface area (Å²) in [5.41, 5.74) is 1.14. The molecule has 2 fully saturated rings. The number of hydrogen-bond donors (Lipinski definition) is 2. The smallest absolute Gasteiger partial charge is 0.255 e. The van der Waals surface area contributed by atoms with Crippen LogP contribution < -0.4 is 10.2 Å². The number of ether oxygens (including phenoxy) is 2. The fraction of sp³-hybridized carbons (Fsp3) is 0.722. The first kappa shape index (κ1) is 19.0. The van der Waals surface area contributed by atoms with E-state index in [1.165, 1.54) is 6.42 Å². The summed E-state index contributed by atoms with van der Waals surface area (Å²) >= 11 is 0. The molecule has 2 N–H and O–H groups in total. The average molecular weight is 364 g/mol. The molecule has 3 rings (SSSR count). The van der Waals surface area contributed by atoms with Gasteiger partial charge in [0.25, 0.3) is 5.91 Å². The topological polar surface area (TPSA) is 96.8 Å². The zero-order chi connectivity index (χ0) is 18.4. The maximum atomic E-state index is 12.7. The summed E-state index contributed by atoms with van der Waals surface area (Å²) in [4.78, 5) is 23.8. The zero-order valence-electron chi connectivity index (χ0n) is 15.3. The Morgan fingerprint density at radius 3 is 2.96 bits per heavy atom. The van der Waals surface area contributed by atoms with E-state index in [1.54, 1.807) is 6.20 Å². The van der Waals surface area contributed by atoms with Crippen molar-refractivity contribution in [2.75, 3.05) is 44.4 Å². The van der Waals surface area contributed by atoms with Crippen LogP contribution in [0.25, 0.3) is 0 Å². The van der Waals surface area contributed by atoms with Crippen LogP contribution in [-0.4, -0.2) is 72.6 Å². The Balaban J connectivity index is 1.64. The molecule has 1 aromatic heterocycles. The number of aliphatic hydroxyl groups excluding tert-OH is 1. The second-order valence-electron chi connectivity index (χ2n) is 6.79. The van der Waals surface area contributed by atoms with Gasteiger partial charge in [0.05, 0.1) is 43.2 Å². The Hall–Kier alpha value is -1.77. The summed E-state index contributed by atoms with van der Waals surface area (Å²) < 4.78 is 11.1. The Bertz CT molecular complexity index is 607. The van der Waals surface area contributed by atoms with Crippen LogP contribution in [0.3, 0.4) is 0 Å². The highest BCUT2D eigenvalue weighted by atomic mass is 16.5. The molecule has 0 saturated carbocycles. The van der Waals surface area contributed by atoms with E-state index in [9.17, 15) is 4.79 Å². The van der Waals surface area contributed by atoms with Crippen LogP contribution in [0.1, 0.15) is 41.7 Å². The quantitative estimate of drug-likeness (QED) is 0.766. The minimum Gasteiger partial charge on any atom is -0.394 e. The van der Waals surface area contributed by atoms with Gasteiger partial charge in [0.2, 0.25) is 5.95 Å². The van der Waals surface area contributed by atoms with Gasteiger partial charge in [0.15, 0.2) is 0 Å². The van der Waals surface area contributed by atoms with E-state index in [4.69, 9.17) is 14.6 Å². The highest BCUT2D eigenvalue weighted by Crippen LogP contribution is 2.18. The molecule has 144 valence electrons. The number of carbonyl (C=O) groups is 1. The number of anilines is 1. The molecule has 0 unspecified atom stereocenters. The first-order chi connectivity index (χ1) is 12.7. The van der Waals surface area contributed by atoms with Crippen LogP contribution in [0.2, 0.25) is 0 Å². The zero-order valence-corrected chi connectivity index (χ0v) is 15.3. The van der Waals surface area contributed by atoms with E-state index in [2.05, 4.69) is 20.2 Å². The van der Waals surface area contributed by atoms with E-state index < -0.39 is 0 Å². The minimum absolute atomic E-state index is 0.0388. The first-order valence-corrected chi connectivity index (χ1v) is 9.38. The molecule has 2 aliphatic rings. The number of nitrogens with zero attached hydrogens (tertiary/aromatic N) is 3. The number of aromatic nitrogens is 2. The molecule has 0 spiro atoms. The predicted octanol–water partition coefficient (Wildman–Crippen LogP) is 0.672. The minimum atomic E-state index is -0.246. The summed E-state index contributed by atoms with van der Waals surface area (Å²) in [7, 11) is 0. The monoisotopic (exact) mass is 364 g/mol. The Morgan fingerprint density at radius 1 is 1.42 bits per heavy atom. The van der Waals surface area contributed by atoms with E-state index in [-0.39, 0.29) is 31.3 Å². The van der Waals surface area contributed by atoms with Crippen molar-refractivity contribution in [2.45, 2.75) is 44.8 Å². The molecule has 0 radical (unpaired) electrons. The second-order valence-corrected chi connectivity index (χ2v) is 6.79. The fourth-order valence-corrected chi connectivity index (χ4v) is 3.43. The summed E-state index contributed by atoms with van der Waals surface area (Å²) in [6.07, 6.45) is 5.69. The lowest BCUT2D eigenvalue weighted by Crippen LogP contribution is -2.51. The molecular formula is C18H28N4O4. The van der Waals surface area contributed by atoms with Gasteiger partial charge in [-0.2, -0.15) is 0 Å². The first-order valence-electron chi connectivity index (χ1n) is 9.38. The van der Waals surface area contributed by atoms with Gasteiger partial charge >= 0.3 is 0 Å². The van der Waals surface area contributed by atoms with Gasteiger partial charge in [-0.15, -0.1) is 0 Å². The lowest BCUT2D eigenvalue weighted by molar-refractivity contribution is -0.0612. The Kier molecular flexibility index (Phi) is 6.76. The molecule has 3 heterocycles. The number of aryl methyl sites for hydroxylation is 1. The van der Waals surface area contributed by atoms with Crippen molar-refractivity contribution in [1.82, 2.24) is 15.3 Å². The van der Waals surface area contributed by atoms with Crippen LogP contribution in [0.15, 0.2) is 6.20 Å². The predicted molar refractivity (Wildman–Crippen MR) is 96.3 cm³/mol. The number of rotatable bonds is 6. The lowest BCUT2D eigenvalue weighted by Gasteiger charge is -2.32. The van der Waals surface area contributed by atoms with Crippen LogP contribution in [-0.2, 0) is 9.47 Å². The Morgan fingerprint density at radius 2 is 2.23 bits per heavy atom. The number of aliphatic hydroxyl groups is 1. The fourth-order valence-electron chi connectivity index (χ4n) is 3.43. The van der Waals surface area contributed by atoms with Crippen molar-refractivity contribution >= 4 is 11.9 Å². The van der Waals surface area contributed by atoms with E-state index in [1.807, 2.05) is 6.92 Å². The van der Waals surface area contributed by atoms with Gasteiger partial charge in [0.1, 0.15) is 0 Å². The maximum absolute atomic E-state index is 12.7. The third-order valence-corrected chi connectivity index (χ3v) is 4.88. The van der Waals surface area contributed by atoms with Gasteiger partial charge in [-0.3, -0.25) is 4.79 Å². The third-order valence-electron chi connectivity index (χ3n) is 4.88. The summed E-state index contributed by atoms with van der Waals surface area (Å²) in [6, 6.07) is -0.246. The molecule has 2 atom stereocenters. The molecule has 1 aromatic rings. The van der Waals surface area contributed by atoms with Crippen LogP contribution >= 0.6 is 0 Å². The van der Waals surface area contributed by atoms with Crippen molar-refractivity contribution in [3.05, 3.63) is 17.5 Å². The molecule has 8 nitrogen and oxygen atoms in total. The highest BCUT2D eigenvalue weighted by molar-refractivity contribution is 5.95. The molecule has 2 aliphatic heterocycles. The third kappa shape index (κ3) is 4.69. The molecule has 26 heavy (non-hydrogen) atoms. The molecule has 8 heteroatoms. The van der Waals surface area contributed by atoms with Crippen LogP contribution in [0, 0.1) is 6.92 Å². The van der Waals surface area contributed by atoms with Crippen molar-refractivity contribution in [1.29, 1.82) is 0 Å². The van der Waals surface area contributed by atoms with Gasteiger partial charge < -0.3 is 24.8 Å². The average Bonchev–Trinajstić information content (AvgIpc) is 2.68. The van der Waals surface area contributed by atoms with Crippen molar-refractivity contribution < 1.29 is 19.4 Å². The van der Waals surface area contributed by atoms with E-state index >= 15 is 0 Å². The normalized spacial score (nSPS) is 23.7. The SMILES string of the molecule is Cc1nc(N2CCCCC2)ncc1C(=O)N[C@@H]1COCC[C@@H]1OCCO. The van der Waals surface area contributed by atoms with E-state index in [0.717, 1.165) is 25.9 Å². The van der Waals surface area contributed by atoms with Crippen molar-refractivity contribution in [3.63, 3.8) is 0 Å². The van der Waals surface area contributed by atoms with Crippen LogP contribution in [0.5, 0.6) is 0 Å². The molecule has 2 saturated heterocycles. The van der Waals surface area contributed by atoms with Gasteiger partial charge in [0, 0.05) is 25.9 Å². The second kappa shape index (κ2) is 9.25. The number of nitrogens with one attached hydrogen (secondary N) is 1. The maximum Gasteiger partial charge on any atom is 0.255 e. The van der Waals surface area contributed by atoms with Gasteiger partial charge in [-0.05, 0) is 32.6 Å². The molecular weight excluding hydrogens is 336 g/mol. The number of carbonyl (C=O) groups excluding carboxylic acids is 1. The summed E-state index contributed by atoms with van der Waals surface area (Å²) in [6.45, 7) is 4.97. The number of piperidine rings is 1. The highest BCUT2D eigenvalue weighted by Gasteiger charge is 2.29. The number of hydrogen-bond acceptors (Lipinski definition) is 7.